The van der Waals surface area contributed by atoms with E-state index in [0.29, 0.717) is 0 Å². The summed E-state index contributed by atoms with van der Waals surface area (Å²) in [5.41, 5.74) is 15.5. The van der Waals surface area contributed by atoms with Crippen LogP contribution in [0.2, 0.25) is 0 Å². The molecule has 0 amide bonds. The third kappa shape index (κ3) is 4.79. The van der Waals surface area contributed by atoms with Gasteiger partial charge >= 0.3 is 0 Å². The second-order valence-electron chi connectivity index (χ2n) is 14.9. The Bertz CT molecular complexity index is 3510. The van der Waals surface area contributed by atoms with Crippen LogP contribution in [-0.2, 0) is 0 Å². The molecule has 0 radical (unpaired) electrons. The summed E-state index contributed by atoms with van der Waals surface area (Å²) in [5, 5.41) is 7.56. The smallest absolute Gasteiger partial charge is 0.0548 e. The van der Waals surface area contributed by atoms with Gasteiger partial charge in [-0.05, 0) is 101 Å². The molecule has 57 heavy (non-hydrogen) atoms. The normalized spacial score (nSPS) is 11.9. The fourth-order valence-corrected chi connectivity index (χ4v) is 9.36. The lowest BCUT2D eigenvalue weighted by molar-refractivity contribution is 1.17. The third-order valence-corrected chi connectivity index (χ3v) is 11.8. The summed E-state index contributed by atoms with van der Waals surface area (Å²) in [4.78, 5) is 0. The van der Waals surface area contributed by atoms with Gasteiger partial charge in [-0.15, -0.1) is 0 Å². The second kappa shape index (κ2) is 12.5. The van der Waals surface area contributed by atoms with Crippen LogP contribution in [0.4, 0.5) is 0 Å². The van der Waals surface area contributed by atoms with Crippen molar-refractivity contribution in [1.82, 2.24) is 13.7 Å². The highest BCUT2D eigenvalue weighted by Crippen LogP contribution is 2.43. The standard InChI is InChI=1S/C54H35N3/c1-3-15-36(16-4-1)37-17-13-21-41(33-37)56-48-27-11-8-24-44(48)53-51(56)31-32-52-54(53)45-25-9-12-28-49(45)57(52)42-22-14-18-38(34-42)39-29-30-50-46(35-39)43-23-7-10-26-47(43)55(50)40-19-5-2-6-20-40/h1-35H. The lowest BCUT2D eigenvalue weighted by Crippen LogP contribution is -1.95. The minimum Gasteiger partial charge on any atom is -0.309 e. The van der Waals surface area contributed by atoms with Crippen molar-refractivity contribution in [3.63, 3.8) is 0 Å². The minimum atomic E-state index is 1.14. The number of aromatic nitrogens is 3. The van der Waals surface area contributed by atoms with Crippen LogP contribution in [0.1, 0.15) is 0 Å². The third-order valence-electron chi connectivity index (χ3n) is 11.8. The van der Waals surface area contributed by atoms with Crippen LogP contribution >= 0.6 is 0 Å². The molecule has 3 aromatic heterocycles. The fourth-order valence-electron chi connectivity index (χ4n) is 9.36. The minimum absolute atomic E-state index is 1.14. The molecule has 0 saturated heterocycles. The number of para-hydroxylation sites is 4. The number of benzene rings is 9. The highest BCUT2D eigenvalue weighted by molar-refractivity contribution is 6.29. The van der Waals surface area contributed by atoms with Gasteiger partial charge in [-0.2, -0.15) is 0 Å². The molecule has 0 unspecified atom stereocenters. The molecule has 0 aliphatic rings. The van der Waals surface area contributed by atoms with E-state index in [1.54, 1.807) is 0 Å². The van der Waals surface area contributed by atoms with Crippen molar-refractivity contribution in [2.75, 3.05) is 0 Å². The molecule has 0 atom stereocenters. The van der Waals surface area contributed by atoms with Gasteiger partial charge in [0.15, 0.2) is 0 Å². The molecule has 0 fully saturated rings. The molecular weight excluding hydrogens is 691 g/mol. The summed E-state index contributed by atoms with van der Waals surface area (Å²) in [7, 11) is 0. The molecule has 3 heterocycles. The van der Waals surface area contributed by atoms with Gasteiger partial charge in [0.25, 0.3) is 0 Å². The maximum atomic E-state index is 2.45. The first kappa shape index (κ1) is 31.7. The van der Waals surface area contributed by atoms with Crippen LogP contribution in [0.5, 0.6) is 0 Å². The maximum Gasteiger partial charge on any atom is 0.0548 e. The molecule has 3 nitrogen and oxygen atoms in total. The molecule has 0 bridgehead atoms. The first-order valence-corrected chi connectivity index (χ1v) is 19.6. The Hall–Kier alpha value is -7.62. The lowest BCUT2D eigenvalue weighted by atomic mass is 10.0. The van der Waals surface area contributed by atoms with Crippen LogP contribution in [0.25, 0.3) is 105 Å². The van der Waals surface area contributed by atoms with Gasteiger partial charge in [0, 0.05) is 49.4 Å². The molecule has 0 saturated carbocycles. The van der Waals surface area contributed by atoms with Gasteiger partial charge in [-0.3, -0.25) is 0 Å². The average molecular weight is 726 g/mol. The highest BCUT2D eigenvalue weighted by Gasteiger charge is 2.21. The van der Waals surface area contributed by atoms with E-state index in [4.69, 9.17) is 0 Å². The molecule has 0 spiro atoms. The zero-order chi connectivity index (χ0) is 37.5. The summed E-state index contributed by atoms with van der Waals surface area (Å²) >= 11 is 0. The molecule has 0 aliphatic carbocycles. The van der Waals surface area contributed by atoms with Crippen molar-refractivity contribution in [3.05, 3.63) is 212 Å². The van der Waals surface area contributed by atoms with Crippen molar-refractivity contribution in [2.24, 2.45) is 0 Å². The van der Waals surface area contributed by atoms with E-state index in [-0.39, 0.29) is 0 Å². The molecule has 12 rings (SSSR count). The van der Waals surface area contributed by atoms with E-state index in [1.807, 2.05) is 0 Å². The number of fused-ring (bicyclic) bond motifs is 10. The lowest BCUT2D eigenvalue weighted by Gasteiger charge is -2.12. The Labute approximate surface area is 329 Å². The van der Waals surface area contributed by atoms with Gasteiger partial charge in [-0.1, -0.05) is 133 Å². The predicted octanol–water partition coefficient (Wildman–Crippen LogP) is 14.3. The Morgan fingerprint density at radius 3 is 1.19 bits per heavy atom. The SMILES string of the molecule is c1ccc(-c2cccc(-n3c4ccccc4c4c5c6ccccc6n(-c6cccc(-c7ccc8c(c7)c7ccccc7n8-c7ccccc7)c6)c5ccc43)c2)cc1. The average Bonchev–Trinajstić information content (AvgIpc) is 3.92. The summed E-state index contributed by atoms with van der Waals surface area (Å²) in [6, 6.07) is 77.3. The van der Waals surface area contributed by atoms with Crippen molar-refractivity contribution in [3.8, 4) is 39.3 Å². The largest absolute Gasteiger partial charge is 0.309 e. The van der Waals surface area contributed by atoms with Crippen LogP contribution < -0.4 is 0 Å². The Morgan fingerprint density at radius 1 is 0.211 bits per heavy atom. The van der Waals surface area contributed by atoms with E-state index in [2.05, 4.69) is 226 Å². The number of hydrogen-bond acceptors (Lipinski definition) is 0. The van der Waals surface area contributed by atoms with Gasteiger partial charge < -0.3 is 13.7 Å². The van der Waals surface area contributed by atoms with Crippen LogP contribution in [0.3, 0.4) is 0 Å². The van der Waals surface area contributed by atoms with Gasteiger partial charge in [0.1, 0.15) is 0 Å². The monoisotopic (exact) mass is 725 g/mol. The molecular formula is C54H35N3. The number of hydrogen-bond donors (Lipinski definition) is 0. The highest BCUT2D eigenvalue weighted by atomic mass is 15.0. The summed E-state index contributed by atoms with van der Waals surface area (Å²) in [6.45, 7) is 0. The van der Waals surface area contributed by atoms with Gasteiger partial charge in [0.2, 0.25) is 0 Å². The van der Waals surface area contributed by atoms with Gasteiger partial charge in [0.05, 0.1) is 33.1 Å². The van der Waals surface area contributed by atoms with E-state index >= 15 is 0 Å². The first-order valence-electron chi connectivity index (χ1n) is 19.6. The molecule has 3 heteroatoms. The Kier molecular flexibility index (Phi) is 6.93. The predicted molar refractivity (Wildman–Crippen MR) is 240 cm³/mol. The summed E-state index contributed by atoms with van der Waals surface area (Å²) in [5.74, 6) is 0. The summed E-state index contributed by atoms with van der Waals surface area (Å²) in [6.07, 6.45) is 0. The van der Waals surface area contributed by atoms with E-state index < -0.39 is 0 Å². The maximum absolute atomic E-state index is 2.45. The molecule has 0 aliphatic heterocycles. The number of nitrogens with zero attached hydrogens (tertiary/aromatic N) is 3. The number of rotatable bonds is 5. The zero-order valence-electron chi connectivity index (χ0n) is 31.0. The van der Waals surface area contributed by atoms with Gasteiger partial charge in [-0.25, -0.2) is 0 Å². The van der Waals surface area contributed by atoms with Crippen LogP contribution in [-0.4, -0.2) is 13.7 Å². The van der Waals surface area contributed by atoms with Crippen molar-refractivity contribution >= 4 is 65.4 Å². The topological polar surface area (TPSA) is 14.8 Å². The van der Waals surface area contributed by atoms with E-state index in [9.17, 15) is 0 Å². The Balaban J connectivity index is 1.06. The van der Waals surface area contributed by atoms with Crippen LogP contribution in [0, 0.1) is 0 Å². The molecule has 0 N–H and O–H groups in total. The van der Waals surface area contributed by atoms with Crippen LogP contribution in [0.15, 0.2) is 212 Å². The van der Waals surface area contributed by atoms with E-state index in [1.165, 1.54) is 93.4 Å². The Morgan fingerprint density at radius 2 is 0.596 bits per heavy atom. The molecule has 9 aromatic carbocycles. The quantitative estimate of drug-likeness (QED) is 0.168. The second-order valence-corrected chi connectivity index (χ2v) is 14.9. The molecule has 266 valence electrons. The van der Waals surface area contributed by atoms with Crippen molar-refractivity contribution in [2.45, 2.75) is 0 Å². The van der Waals surface area contributed by atoms with E-state index in [0.717, 1.165) is 11.4 Å². The van der Waals surface area contributed by atoms with Crippen molar-refractivity contribution in [1.29, 1.82) is 0 Å². The van der Waals surface area contributed by atoms with Crippen molar-refractivity contribution < 1.29 is 0 Å². The molecule has 12 aromatic rings. The zero-order valence-corrected chi connectivity index (χ0v) is 31.0. The fraction of sp³-hybridized carbons (Fsp3) is 0. The first-order chi connectivity index (χ1) is 28.3. The summed E-state index contributed by atoms with van der Waals surface area (Å²) < 4.78 is 7.27.